The Labute approximate surface area is 192 Å². The second-order valence-corrected chi connectivity index (χ2v) is 8.33. The monoisotopic (exact) mass is 504 g/mol. The second-order valence-electron chi connectivity index (χ2n) is 8.33. The van der Waals surface area contributed by atoms with E-state index in [9.17, 15) is 56.2 Å². The van der Waals surface area contributed by atoms with E-state index >= 15 is 0 Å². The van der Waals surface area contributed by atoms with Gasteiger partial charge in [-0.3, -0.25) is 0 Å². The molecule has 200 valence electrons. The van der Waals surface area contributed by atoms with Crippen molar-refractivity contribution in [3.05, 3.63) is 0 Å². The highest BCUT2D eigenvalue weighted by Crippen LogP contribution is 2.32. The van der Waals surface area contributed by atoms with Crippen LogP contribution in [0.4, 0.5) is 0 Å². The molecule has 3 saturated heterocycles. The van der Waals surface area contributed by atoms with E-state index < -0.39 is 112 Å². The van der Waals surface area contributed by atoms with Gasteiger partial charge in [0.1, 0.15) is 73.2 Å². The van der Waals surface area contributed by atoms with E-state index in [1.807, 2.05) is 0 Å². The average Bonchev–Trinajstić information content (AvgIpc) is 2.82. The summed E-state index contributed by atoms with van der Waals surface area (Å²) in [6.45, 7) is -2.31. The third-order valence-corrected chi connectivity index (χ3v) is 6.09. The first-order valence-electron chi connectivity index (χ1n) is 10.6. The minimum absolute atomic E-state index is 0.750. The Morgan fingerprint density at radius 3 is 1.26 bits per heavy atom. The molecule has 34 heavy (non-hydrogen) atoms. The first kappa shape index (κ1) is 27.9. The van der Waals surface area contributed by atoms with Crippen LogP contribution in [-0.2, 0) is 23.7 Å². The van der Waals surface area contributed by atoms with Crippen LogP contribution in [0.2, 0.25) is 0 Å². The topological polar surface area (TPSA) is 269 Å². The molecule has 0 unspecified atom stereocenters. The van der Waals surface area contributed by atoms with E-state index in [1.54, 1.807) is 0 Å². The number of aliphatic hydroxyl groups excluding tert-OH is 11. The first-order chi connectivity index (χ1) is 16.0. The Balaban J connectivity index is 1.76. The maximum absolute atomic E-state index is 10.8. The number of hydrogen-bond acceptors (Lipinski definition) is 16. The molecule has 3 fully saturated rings. The molecule has 16 heteroatoms. The minimum atomic E-state index is -1.92. The maximum atomic E-state index is 10.8. The van der Waals surface area contributed by atoms with Crippen molar-refractivity contribution in [1.82, 2.24) is 0 Å². The summed E-state index contributed by atoms with van der Waals surface area (Å²) in [7, 11) is 0. The van der Waals surface area contributed by atoms with Crippen molar-refractivity contribution in [3.63, 3.8) is 0 Å². The van der Waals surface area contributed by atoms with Gasteiger partial charge < -0.3 is 79.9 Å². The molecule has 3 heterocycles. The zero-order valence-corrected chi connectivity index (χ0v) is 17.7. The van der Waals surface area contributed by atoms with Gasteiger partial charge in [-0.2, -0.15) is 0 Å². The Bertz CT molecular complexity index is 637. The van der Waals surface area contributed by atoms with Crippen molar-refractivity contribution in [1.29, 1.82) is 0 Å². The summed E-state index contributed by atoms with van der Waals surface area (Å²) in [5.41, 5.74) is 0. The van der Waals surface area contributed by atoms with Gasteiger partial charge in [-0.05, 0) is 0 Å². The standard InChI is InChI=1S/C18H32O16/c19-1-4-7(22)9(24)11(26)17(31-4)33-14-6(3-21)30-16(29)15(13(14)28)34-18-12(27)10(25)8(23)5(2-20)32-18/h4-29H,1-3H2/t4-,5-,6-,7-,8-,9+,10+,11-,12-,13+,14-,15-,16-,17-,18-/m1/s1. The minimum Gasteiger partial charge on any atom is -0.394 e. The van der Waals surface area contributed by atoms with Crippen molar-refractivity contribution < 1.29 is 79.9 Å². The molecule has 3 aliphatic rings. The molecule has 0 spiro atoms. The van der Waals surface area contributed by atoms with Gasteiger partial charge in [-0.25, -0.2) is 0 Å². The lowest BCUT2D eigenvalue weighted by Gasteiger charge is -2.47. The first-order valence-corrected chi connectivity index (χ1v) is 10.6. The van der Waals surface area contributed by atoms with E-state index in [0.29, 0.717) is 0 Å². The normalized spacial score (nSPS) is 52.5. The lowest BCUT2D eigenvalue weighted by atomic mass is 9.96. The highest BCUT2D eigenvalue weighted by Gasteiger charge is 2.53. The van der Waals surface area contributed by atoms with E-state index in [2.05, 4.69) is 0 Å². The summed E-state index contributed by atoms with van der Waals surface area (Å²) in [6.07, 6.45) is -25.4. The Morgan fingerprint density at radius 2 is 0.853 bits per heavy atom. The molecule has 0 aromatic carbocycles. The Kier molecular flexibility index (Phi) is 9.54. The number of aliphatic hydroxyl groups is 11. The second kappa shape index (κ2) is 11.6. The number of ether oxygens (including phenoxy) is 5. The highest BCUT2D eigenvalue weighted by molar-refractivity contribution is 4.96. The van der Waals surface area contributed by atoms with Gasteiger partial charge in [0.05, 0.1) is 19.8 Å². The molecule has 3 aliphatic heterocycles. The zero-order chi connectivity index (χ0) is 25.3. The number of rotatable bonds is 7. The van der Waals surface area contributed by atoms with Gasteiger partial charge in [0.25, 0.3) is 0 Å². The van der Waals surface area contributed by atoms with Crippen LogP contribution in [0.3, 0.4) is 0 Å². The van der Waals surface area contributed by atoms with Crippen molar-refractivity contribution in [2.45, 2.75) is 92.1 Å². The van der Waals surface area contributed by atoms with Gasteiger partial charge in [0.2, 0.25) is 0 Å². The van der Waals surface area contributed by atoms with E-state index in [1.165, 1.54) is 0 Å². The quantitative estimate of drug-likeness (QED) is 0.154. The summed E-state index contributed by atoms with van der Waals surface area (Å²) in [5, 5.41) is 109. The van der Waals surface area contributed by atoms with Crippen LogP contribution in [0.15, 0.2) is 0 Å². The summed E-state index contributed by atoms with van der Waals surface area (Å²) in [6, 6.07) is 0. The van der Waals surface area contributed by atoms with E-state index in [-0.39, 0.29) is 0 Å². The van der Waals surface area contributed by atoms with Crippen LogP contribution in [0.1, 0.15) is 0 Å². The Morgan fingerprint density at radius 1 is 0.441 bits per heavy atom. The third-order valence-electron chi connectivity index (χ3n) is 6.09. The number of hydrogen-bond donors (Lipinski definition) is 11. The predicted molar refractivity (Wildman–Crippen MR) is 101 cm³/mol. The lowest BCUT2D eigenvalue weighted by Crippen LogP contribution is -2.66. The van der Waals surface area contributed by atoms with Gasteiger partial charge in [0.15, 0.2) is 18.9 Å². The predicted octanol–water partition coefficient (Wildman–Crippen LogP) is -7.57. The average molecular weight is 504 g/mol. The fourth-order valence-electron chi connectivity index (χ4n) is 4.04. The zero-order valence-electron chi connectivity index (χ0n) is 17.7. The summed E-state index contributed by atoms with van der Waals surface area (Å²) in [4.78, 5) is 0. The van der Waals surface area contributed by atoms with E-state index in [0.717, 1.165) is 0 Å². The molecule has 15 atom stereocenters. The summed E-state index contributed by atoms with van der Waals surface area (Å²) >= 11 is 0. The highest BCUT2D eigenvalue weighted by atomic mass is 16.8. The summed E-state index contributed by atoms with van der Waals surface area (Å²) in [5.74, 6) is 0. The van der Waals surface area contributed by atoms with Crippen LogP contribution < -0.4 is 0 Å². The van der Waals surface area contributed by atoms with Crippen molar-refractivity contribution in [2.75, 3.05) is 19.8 Å². The lowest BCUT2D eigenvalue weighted by molar-refractivity contribution is -0.382. The molecule has 3 rings (SSSR count). The summed E-state index contributed by atoms with van der Waals surface area (Å²) < 4.78 is 26.4. The van der Waals surface area contributed by atoms with Crippen LogP contribution in [0, 0.1) is 0 Å². The van der Waals surface area contributed by atoms with Gasteiger partial charge in [-0.1, -0.05) is 0 Å². The largest absolute Gasteiger partial charge is 0.394 e. The molecule has 0 amide bonds. The SMILES string of the molecule is OC[C@H]1O[C@H](O[C@@H]2[C@@H](O)[C@H](O[C@H]3O[C@H](CO)[C@@H](O)[C@H](O)[C@H]3O)[C@@H](CO)O[C@H]2O)[C@H](O)[C@@H](O)[C@@H]1O. The van der Waals surface area contributed by atoms with Crippen LogP contribution >= 0.6 is 0 Å². The molecule has 11 N–H and O–H groups in total. The molecular formula is C18H32O16. The van der Waals surface area contributed by atoms with Gasteiger partial charge in [-0.15, -0.1) is 0 Å². The van der Waals surface area contributed by atoms with Crippen molar-refractivity contribution in [2.24, 2.45) is 0 Å². The maximum Gasteiger partial charge on any atom is 0.187 e. The molecule has 0 aromatic heterocycles. The third kappa shape index (κ3) is 5.37. The molecule has 0 radical (unpaired) electrons. The fraction of sp³-hybridized carbons (Fsp3) is 1.00. The molecule has 0 aromatic rings. The van der Waals surface area contributed by atoms with Crippen LogP contribution in [0.5, 0.6) is 0 Å². The van der Waals surface area contributed by atoms with Crippen LogP contribution in [0.25, 0.3) is 0 Å². The van der Waals surface area contributed by atoms with Crippen LogP contribution in [-0.4, -0.2) is 168 Å². The van der Waals surface area contributed by atoms with Gasteiger partial charge >= 0.3 is 0 Å². The molecule has 0 bridgehead atoms. The molecule has 0 saturated carbocycles. The van der Waals surface area contributed by atoms with Crippen molar-refractivity contribution in [3.8, 4) is 0 Å². The van der Waals surface area contributed by atoms with E-state index in [4.69, 9.17) is 23.7 Å². The van der Waals surface area contributed by atoms with Crippen molar-refractivity contribution >= 4 is 0 Å². The smallest absolute Gasteiger partial charge is 0.187 e. The molecule has 16 nitrogen and oxygen atoms in total. The molecule has 0 aliphatic carbocycles. The van der Waals surface area contributed by atoms with Gasteiger partial charge in [0, 0.05) is 0 Å². The fourth-order valence-corrected chi connectivity index (χ4v) is 4.04. The molecular weight excluding hydrogens is 472 g/mol. The Hall–Kier alpha value is -0.640.